The third-order valence-corrected chi connectivity index (χ3v) is 12.4. The summed E-state index contributed by atoms with van der Waals surface area (Å²) < 4.78 is 48.1. The molecule has 0 N–H and O–H groups in total. The lowest BCUT2D eigenvalue weighted by atomic mass is 9.86. The molecule has 2 heterocycles. The molecular formula is C55H56F3N3. The molecule has 6 aromatic carbocycles. The monoisotopic (exact) mass is 815 g/mol. The molecule has 0 aliphatic rings. The normalized spacial score (nSPS) is 13.2. The molecule has 0 fully saturated rings. The van der Waals surface area contributed by atoms with E-state index in [2.05, 4.69) is 171 Å². The summed E-state index contributed by atoms with van der Waals surface area (Å²) in [5.41, 5.74) is 10.0. The molecule has 0 radical (unpaired) electrons. The second-order valence-corrected chi connectivity index (χ2v) is 21.2. The third kappa shape index (κ3) is 7.30. The fourth-order valence-corrected chi connectivity index (χ4v) is 8.78. The Balaban J connectivity index is 1.62. The van der Waals surface area contributed by atoms with Crippen LogP contribution in [0.25, 0.3) is 66.1 Å². The maximum Gasteiger partial charge on any atom is 0.416 e. The number of benzene rings is 6. The Morgan fingerprint density at radius 1 is 0.410 bits per heavy atom. The molecule has 0 saturated heterocycles. The van der Waals surface area contributed by atoms with E-state index in [0.29, 0.717) is 33.6 Å². The van der Waals surface area contributed by atoms with Crippen LogP contribution >= 0.6 is 0 Å². The number of halogens is 3. The highest BCUT2D eigenvalue weighted by molar-refractivity contribution is 6.12. The largest absolute Gasteiger partial charge is 0.416 e. The van der Waals surface area contributed by atoms with E-state index in [-0.39, 0.29) is 21.7 Å². The highest BCUT2D eigenvalue weighted by atomic mass is 19.4. The second-order valence-electron chi connectivity index (χ2n) is 21.2. The first-order valence-corrected chi connectivity index (χ1v) is 21.2. The van der Waals surface area contributed by atoms with Gasteiger partial charge in [-0.2, -0.15) is 18.4 Å². The minimum Gasteiger partial charge on any atom is -0.308 e. The van der Waals surface area contributed by atoms with Gasteiger partial charge in [-0.3, -0.25) is 0 Å². The third-order valence-electron chi connectivity index (χ3n) is 12.4. The lowest BCUT2D eigenvalue weighted by Gasteiger charge is -2.23. The Morgan fingerprint density at radius 2 is 0.721 bits per heavy atom. The van der Waals surface area contributed by atoms with Crippen LogP contribution in [0.15, 0.2) is 103 Å². The summed E-state index contributed by atoms with van der Waals surface area (Å²) in [5, 5.41) is 15.8. The van der Waals surface area contributed by atoms with Gasteiger partial charge in [0.05, 0.1) is 39.0 Å². The highest BCUT2D eigenvalue weighted by Crippen LogP contribution is 2.44. The number of aryl methyl sites for hydroxylation is 1. The van der Waals surface area contributed by atoms with Gasteiger partial charge in [-0.1, -0.05) is 138 Å². The highest BCUT2D eigenvalue weighted by Gasteiger charge is 2.32. The van der Waals surface area contributed by atoms with Gasteiger partial charge >= 0.3 is 6.18 Å². The maximum absolute atomic E-state index is 14.6. The minimum atomic E-state index is -4.54. The van der Waals surface area contributed by atoms with Gasteiger partial charge < -0.3 is 9.13 Å². The summed E-state index contributed by atoms with van der Waals surface area (Å²) >= 11 is 0. The van der Waals surface area contributed by atoms with E-state index in [1.807, 2.05) is 18.2 Å². The number of hydrogen-bond acceptors (Lipinski definition) is 1. The summed E-state index contributed by atoms with van der Waals surface area (Å²) in [4.78, 5) is 0. The SMILES string of the molecule is Cc1cc(-c2cc(-n3c4cc(C(C)(C)C)ccc4c4ccc(C(C)(C)C)cc43)c(C#N)c(-n3c4cc(C(C)(C)C)ccc4c4ccc(C(C)(C)C)cc43)c2)cc(C(F)(F)F)c1. The topological polar surface area (TPSA) is 33.6 Å². The summed E-state index contributed by atoms with van der Waals surface area (Å²) in [5.74, 6) is 0. The average Bonchev–Trinajstić information content (AvgIpc) is 3.66. The molecule has 8 rings (SSSR count). The van der Waals surface area contributed by atoms with Crippen LogP contribution in [0.5, 0.6) is 0 Å². The van der Waals surface area contributed by atoms with Crippen molar-refractivity contribution in [1.82, 2.24) is 9.13 Å². The number of rotatable bonds is 3. The molecular weight excluding hydrogens is 760 g/mol. The van der Waals surface area contributed by atoms with Crippen LogP contribution in [0.4, 0.5) is 13.2 Å². The molecule has 0 atom stereocenters. The zero-order valence-corrected chi connectivity index (χ0v) is 37.8. The second kappa shape index (κ2) is 13.9. The van der Waals surface area contributed by atoms with Crippen LogP contribution in [0.3, 0.4) is 0 Å². The molecule has 0 amide bonds. The van der Waals surface area contributed by atoms with Crippen molar-refractivity contribution in [3.63, 3.8) is 0 Å². The summed E-state index contributed by atoms with van der Waals surface area (Å²) in [6, 6.07) is 37.1. The summed E-state index contributed by atoms with van der Waals surface area (Å²) in [6.07, 6.45) is -4.54. The van der Waals surface area contributed by atoms with E-state index in [1.54, 1.807) is 6.92 Å². The quantitative estimate of drug-likeness (QED) is 0.175. The maximum atomic E-state index is 14.6. The zero-order valence-electron chi connectivity index (χ0n) is 37.8. The average molecular weight is 816 g/mol. The van der Waals surface area contributed by atoms with Gasteiger partial charge in [-0.05, 0) is 116 Å². The van der Waals surface area contributed by atoms with Gasteiger partial charge in [-0.25, -0.2) is 0 Å². The van der Waals surface area contributed by atoms with Crippen LogP contribution in [0.1, 0.15) is 122 Å². The molecule has 6 heteroatoms. The molecule has 312 valence electrons. The molecule has 0 saturated carbocycles. The molecule has 0 aliphatic heterocycles. The van der Waals surface area contributed by atoms with Crippen molar-refractivity contribution in [2.75, 3.05) is 0 Å². The van der Waals surface area contributed by atoms with Gasteiger partial charge in [0.2, 0.25) is 0 Å². The molecule has 0 spiro atoms. The fourth-order valence-electron chi connectivity index (χ4n) is 8.78. The predicted molar refractivity (Wildman–Crippen MR) is 250 cm³/mol. The van der Waals surface area contributed by atoms with Crippen molar-refractivity contribution in [1.29, 1.82) is 5.26 Å². The van der Waals surface area contributed by atoms with Gasteiger partial charge in [0.1, 0.15) is 11.6 Å². The first kappa shape index (κ1) is 41.9. The Kier molecular flexibility index (Phi) is 9.52. The zero-order chi connectivity index (χ0) is 44.4. The van der Waals surface area contributed by atoms with Crippen LogP contribution in [-0.4, -0.2) is 9.13 Å². The Hall–Kier alpha value is -5.80. The molecule has 0 bridgehead atoms. The molecule has 0 aliphatic carbocycles. The molecule has 61 heavy (non-hydrogen) atoms. The van der Waals surface area contributed by atoms with Gasteiger partial charge in [0.15, 0.2) is 0 Å². The van der Waals surface area contributed by atoms with Crippen LogP contribution in [0, 0.1) is 18.3 Å². The number of alkyl halides is 3. The van der Waals surface area contributed by atoms with E-state index in [9.17, 15) is 18.4 Å². The Labute approximate surface area is 358 Å². The lowest BCUT2D eigenvalue weighted by Crippen LogP contribution is -2.12. The van der Waals surface area contributed by atoms with Crippen molar-refractivity contribution in [2.24, 2.45) is 0 Å². The lowest BCUT2D eigenvalue weighted by molar-refractivity contribution is -0.137. The van der Waals surface area contributed by atoms with Gasteiger partial charge in [0.25, 0.3) is 0 Å². The number of nitrogens with zero attached hydrogens (tertiary/aromatic N) is 3. The van der Waals surface area contributed by atoms with Gasteiger partial charge in [0, 0.05) is 21.5 Å². The van der Waals surface area contributed by atoms with E-state index >= 15 is 0 Å². The van der Waals surface area contributed by atoms with Crippen molar-refractivity contribution >= 4 is 43.6 Å². The van der Waals surface area contributed by atoms with Crippen molar-refractivity contribution in [3.05, 3.63) is 142 Å². The van der Waals surface area contributed by atoms with E-state index in [4.69, 9.17) is 0 Å². The van der Waals surface area contributed by atoms with E-state index < -0.39 is 11.7 Å². The molecule has 3 nitrogen and oxygen atoms in total. The molecule has 8 aromatic rings. The minimum absolute atomic E-state index is 0.175. The first-order valence-electron chi connectivity index (χ1n) is 21.2. The summed E-state index contributed by atoms with van der Waals surface area (Å²) in [6.45, 7) is 28.0. The number of aromatic nitrogens is 2. The Bertz CT molecular complexity index is 2800. The number of hydrogen-bond donors (Lipinski definition) is 0. The van der Waals surface area contributed by atoms with Crippen LogP contribution in [-0.2, 0) is 27.8 Å². The fraction of sp³-hybridized carbons (Fsp3) is 0.327. The predicted octanol–water partition coefficient (Wildman–Crippen LogP) is 15.9. The smallest absolute Gasteiger partial charge is 0.308 e. The summed E-state index contributed by atoms with van der Waals surface area (Å²) in [7, 11) is 0. The van der Waals surface area contributed by atoms with E-state index in [1.165, 1.54) is 12.1 Å². The van der Waals surface area contributed by atoms with Crippen LogP contribution in [0.2, 0.25) is 0 Å². The van der Waals surface area contributed by atoms with Crippen LogP contribution < -0.4 is 0 Å². The molecule has 2 aromatic heterocycles. The first-order chi connectivity index (χ1) is 28.3. The van der Waals surface area contributed by atoms with E-state index in [0.717, 1.165) is 65.9 Å². The molecule has 0 unspecified atom stereocenters. The van der Waals surface area contributed by atoms with Crippen molar-refractivity contribution < 1.29 is 13.2 Å². The van der Waals surface area contributed by atoms with Crippen molar-refractivity contribution in [2.45, 2.75) is 118 Å². The number of nitriles is 1. The van der Waals surface area contributed by atoms with Crippen molar-refractivity contribution in [3.8, 4) is 28.6 Å². The number of fused-ring (bicyclic) bond motifs is 6. The standard InChI is InChI=1S/C55H56F3N3/c1-32-22-33(24-39(23-32)55(56,57)58)34-25-45(60-47-27-35(51(2,3)4)14-18-40(47)41-19-15-36(28-48(41)60)52(5,6)7)44(31-59)46(26-34)61-49-29-37(53(8,9)10)16-20-42(49)43-21-17-38(30-50(43)61)54(11,12)13/h14-30H,1-13H3. The van der Waals surface area contributed by atoms with Gasteiger partial charge in [-0.15, -0.1) is 0 Å². The Morgan fingerprint density at radius 3 is 1.00 bits per heavy atom.